The van der Waals surface area contributed by atoms with Gasteiger partial charge in [-0.2, -0.15) is 5.10 Å². The molecule has 0 saturated heterocycles. The third kappa shape index (κ3) is 3.81. The van der Waals surface area contributed by atoms with Gasteiger partial charge in [-0.15, -0.1) is 0 Å². The smallest absolute Gasteiger partial charge is 0.255 e. The van der Waals surface area contributed by atoms with Gasteiger partial charge in [0.2, 0.25) is 0 Å². The van der Waals surface area contributed by atoms with E-state index in [-0.39, 0.29) is 11.7 Å². The number of carbonyl (C=O) groups is 1. The minimum absolute atomic E-state index is 0.260. The van der Waals surface area contributed by atoms with Gasteiger partial charge in [-0.25, -0.2) is 14.1 Å². The van der Waals surface area contributed by atoms with Crippen LogP contribution in [-0.4, -0.2) is 20.7 Å². The number of anilines is 1. The second-order valence-corrected chi connectivity index (χ2v) is 5.72. The lowest BCUT2D eigenvalue weighted by Crippen LogP contribution is -2.12. The fourth-order valence-electron chi connectivity index (χ4n) is 2.05. The molecule has 0 saturated carbocycles. The molecular formula is C16H12BrFN4O. The first-order valence-corrected chi connectivity index (χ1v) is 7.59. The van der Waals surface area contributed by atoms with Crippen molar-refractivity contribution in [1.29, 1.82) is 0 Å². The average Bonchev–Trinajstić information content (AvgIpc) is 3.04. The Morgan fingerprint density at radius 2 is 2.00 bits per heavy atom. The molecule has 1 amide bonds. The lowest BCUT2D eigenvalue weighted by atomic mass is 10.1. The second kappa shape index (κ2) is 6.70. The van der Waals surface area contributed by atoms with E-state index in [9.17, 15) is 9.18 Å². The molecule has 7 heteroatoms. The molecule has 0 aliphatic heterocycles. The topological polar surface area (TPSA) is 59.8 Å². The first-order chi connectivity index (χ1) is 11.1. The highest BCUT2D eigenvalue weighted by molar-refractivity contribution is 9.10. The molecule has 116 valence electrons. The minimum atomic E-state index is -0.368. The summed E-state index contributed by atoms with van der Waals surface area (Å²) in [6.45, 7) is 0.589. The van der Waals surface area contributed by atoms with Crippen molar-refractivity contribution in [3.63, 3.8) is 0 Å². The van der Waals surface area contributed by atoms with Crippen LogP contribution < -0.4 is 5.32 Å². The van der Waals surface area contributed by atoms with Crippen molar-refractivity contribution in [2.24, 2.45) is 0 Å². The number of rotatable bonds is 4. The van der Waals surface area contributed by atoms with E-state index in [1.807, 2.05) is 12.1 Å². The van der Waals surface area contributed by atoms with Gasteiger partial charge < -0.3 is 5.32 Å². The first-order valence-electron chi connectivity index (χ1n) is 6.79. The zero-order valence-corrected chi connectivity index (χ0v) is 13.5. The lowest BCUT2D eigenvalue weighted by Gasteiger charge is -2.08. The Morgan fingerprint density at radius 1 is 1.22 bits per heavy atom. The van der Waals surface area contributed by atoms with Crippen LogP contribution in [0.15, 0.2) is 59.6 Å². The Kier molecular flexibility index (Phi) is 4.47. The van der Waals surface area contributed by atoms with Crippen molar-refractivity contribution in [3.8, 4) is 0 Å². The van der Waals surface area contributed by atoms with Crippen molar-refractivity contribution in [2.75, 3.05) is 5.32 Å². The number of amides is 1. The molecule has 2 aromatic carbocycles. The summed E-state index contributed by atoms with van der Waals surface area (Å²) in [5.41, 5.74) is 2.04. The number of halogens is 2. The molecule has 1 heterocycles. The molecular weight excluding hydrogens is 363 g/mol. The third-order valence-corrected chi connectivity index (χ3v) is 3.86. The molecule has 0 aliphatic carbocycles. The van der Waals surface area contributed by atoms with E-state index in [1.165, 1.54) is 24.5 Å². The van der Waals surface area contributed by atoms with E-state index < -0.39 is 0 Å². The minimum Gasteiger partial charge on any atom is -0.321 e. The standard InChI is InChI=1S/C16H12BrFN4O/c17-14-7-13(18)5-6-15(14)21-16(23)12-3-1-11(2-4-12)8-22-10-19-9-20-22/h1-7,9-10H,8H2,(H,21,23). The van der Waals surface area contributed by atoms with Crippen molar-refractivity contribution in [1.82, 2.24) is 14.8 Å². The number of hydrogen-bond acceptors (Lipinski definition) is 3. The van der Waals surface area contributed by atoms with Crippen molar-refractivity contribution >= 4 is 27.5 Å². The van der Waals surface area contributed by atoms with Gasteiger partial charge in [0.25, 0.3) is 5.91 Å². The maximum atomic E-state index is 13.1. The molecule has 3 rings (SSSR count). The highest BCUT2D eigenvalue weighted by Crippen LogP contribution is 2.23. The quantitative estimate of drug-likeness (QED) is 0.760. The van der Waals surface area contributed by atoms with Crippen LogP contribution in [0.1, 0.15) is 15.9 Å². The zero-order valence-electron chi connectivity index (χ0n) is 11.9. The number of aromatic nitrogens is 3. The number of nitrogens with zero attached hydrogens (tertiary/aromatic N) is 3. The fraction of sp³-hybridized carbons (Fsp3) is 0.0625. The van der Waals surface area contributed by atoms with Crippen LogP contribution in [0.5, 0.6) is 0 Å². The maximum Gasteiger partial charge on any atom is 0.255 e. The van der Waals surface area contributed by atoms with E-state index in [2.05, 4.69) is 31.3 Å². The predicted molar refractivity (Wildman–Crippen MR) is 87.6 cm³/mol. The Bertz CT molecular complexity index is 819. The van der Waals surface area contributed by atoms with E-state index >= 15 is 0 Å². The normalized spacial score (nSPS) is 10.5. The number of carbonyl (C=O) groups excluding carboxylic acids is 1. The molecule has 0 aliphatic rings. The summed E-state index contributed by atoms with van der Waals surface area (Å²) in [6.07, 6.45) is 3.11. The Balaban J connectivity index is 1.70. The average molecular weight is 375 g/mol. The molecule has 3 aromatic rings. The molecule has 0 bridgehead atoms. The van der Waals surface area contributed by atoms with Gasteiger partial charge in [0.15, 0.2) is 0 Å². The molecule has 0 fully saturated rings. The summed E-state index contributed by atoms with van der Waals surface area (Å²) in [4.78, 5) is 16.1. The van der Waals surface area contributed by atoms with Crippen LogP contribution >= 0.6 is 15.9 Å². The first kappa shape index (κ1) is 15.4. The van der Waals surface area contributed by atoms with Gasteiger partial charge in [-0.1, -0.05) is 12.1 Å². The van der Waals surface area contributed by atoms with Crippen molar-refractivity contribution in [2.45, 2.75) is 6.54 Å². The number of nitrogens with one attached hydrogen (secondary N) is 1. The molecule has 0 unspecified atom stereocenters. The molecule has 0 spiro atoms. The largest absolute Gasteiger partial charge is 0.321 e. The Labute approximate surface area is 140 Å². The van der Waals surface area contributed by atoms with E-state index in [0.29, 0.717) is 22.3 Å². The lowest BCUT2D eigenvalue weighted by molar-refractivity contribution is 0.102. The highest BCUT2D eigenvalue weighted by atomic mass is 79.9. The SMILES string of the molecule is O=C(Nc1ccc(F)cc1Br)c1ccc(Cn2cncn2)cc1. The van der Waals surface area contributed by atoms with Gasteiger partial charge in [0.05, 0.1) is 12.2 Å². The molecule has 1 aromatic heterocycles. The van der Waals surface area contributed by atoms with Gasteiger partial charge in [-0.3, -0.25) is 4.79 Å². The Morgan fingerprint density at radius 3 is 2.65 bits per heavy atom. The molecule has 0 radical (unpaired) electrons. The van der Waals surface area contributed by atoms with E-state index in [4.69, 9.17) is 0 Å². The number of benzene rings is 2. The van der Waals surface area contributed by atoms with Crippen LogP contribution in [0.4, 0.5) is 10.1 Å². The molecule has 0 atom stereocenters. The Hall–Kier alpha value is -2.54. The van der Waals surface area contributed by atoms with E-state index in [0.717, 1.165) is 5.56 Å². The zero-order chi connectivity index (χ0) is 16.2. The van der Waals surface area contributed by atoms with Gasteiger partial charge in [0.1, 0.15) is 18.5 Å². The molecule has 1 N–H and O–H groups in total. The van der Waals surface area contributed by atoms with Crippen LogP contribution in [0.3, 0.4) is 0 Å². The monoisotopic (exact) mass is 374 g/mol. The molecule has 23 heavy (non-hydrogen) atoms. The van der Waals surface area contributed by atoms with Crippen LogP contribution in [-0.2, 0) is 6.54 Å². The summed E-state index contributed by atoms with van der Waals surface area (Å²) in [7, 11) is 0. The summed E-state index contributed by atoms with van der Waals surface area (Å²) in [5.74, 6) is -0.628. The van der Waals surface area contributed by atoms with E-state index in [1.54, 1.807) is 23.1 Å². The maximum absolute atomic E-state index is 13.1. The predicted octanol–water partition coefficient (Wildman–Crippen LogP) is 3.48. The number of hydrogen-bond donors (Lipinski definition) is 1. The fourth-order valence-corrected chi connectivity index (χ4v) is 2.50. The second-order valence-electron chi connectivity index (χ2n) is 4.87. The van der Waals surface area contributed by atoms with Gasteiger partial charge in [0, 0.05) is 10.0 Å². The summed E-state index contributed by atoms with van der Waals surface area (Å²) >= 11 is 3.22. The van der Waals surface area contributed by atoms with Crippen molar-refractivity contribution in [3.05, 3.63) is 76.5 Å². The third-order valence-electron chi connectivity index (χ3n) is 3.21. The summed E-state index contributed by atoms with van der Waals surface area (Å²) in [5, 5.41) is 6.77. The van der Waals surface area contributed by atoms with Gasteiger partial charge >= 0.3 is 0 Å². The summed E-state index contributed by atoms with van der Waals surface area (Å²) < 4.78 is 15.2. The van der Waals surface area contributed by atoms with Crippen LogP contribution in [0.2, 0.25) is 0 Å². The molecule has 5 nitrogen and oxygen atoms in total. The van der Waals surface area contributed by atoms with Crippen LogP contribution in [0, 0.1) is 5.82 Å². The van der Waals surface area contributed by atoms with Gasteiger partial charge in [-0.05, 0) is 51.8 Å². The highest BCUT2D eigenvalue weighted by Gasteiger charge is 2.09. The van der Waals surface area contributed by atoms with Crippen molar-refractivity contribution < 1.29 is 9.18 Å². The van der Waals surface area contributed by atoms with Crippen LogP contribution in [0.25, 0.3) is 0 Å². The summed E-state index contributed by atoms with van der Waals surface area (Å²) in [6, 6.07) is 11.3.